The molecule has 19 heavy (non-hydrogen) atoms. The molecule has 0 bridgehead atoms. The van der Waals surface area contributed by atoms with Crippen molar-refractivity contribution in [2.75, 3.05) is 14.2 Å². The smallest absolute Gasteiger partial charge is 0.0804 e. The normalized spacial score (nSPS) is 16.3. The van der Waals surface area contributed by atoms with Crippen molar-refractivity contribution in [1.82, 2.24) is 15.1 Å². The summed E-state index contributed by atoms with van der Waals surface area (Å²) in [6, 6.07) is 2.51. The van der Waals surface area contributed by atoms with E-state index in [1.165, 1.54) is 11.4 Å². The van der Waals surface area contributed by atoms with Crippen LogP contribution in [-0.4, -0.2) is 35.6 Å². The number of rotatable bonds is 8. The fraction of sp³-hybridized carbons (Fsp3) is 0.800. The monoisotopic (exact) mass is 267 g/mol. The van der Waals surface area contributed by atoms with Crippen LogP contribution in [0.3, 0.4) is 0 Å². The molecule has 4 nitrogen and oxygen atoms in total. The van der Waals surface area contributed by atoms with Gasteiger partial charge < -0.3 is 10.1 Å². The van der Waals surface area contributed by atoms with Gasteiger partial charge in [-0.05, 0) is 39.8 Å². The number of likely N-dealkylation sites (N-methyl/N-ethyl adjacent to an activating group) is 1. The van der Waals surface area contributed by atoms with E-state index in [0.717, 1.165) is 25.8 Å². The Labute approximate surface area is 117 Å². The van der Waals surface area contributed by atoms with Crippen molar-refractivity contribution in [2.24, 2.45) is 0 Å². The number of aryl methyl sites for hydroxylation is 2. The molecular weight excluding hydrogens is 238 g/mol. The predicted octanol–water partition coefficient (Wildman–Crippen LogP) is 2.41. The van der Waals surface area contributed by atoms with Crippen LogP contribution in [-0.2, 0) is 24.1 Å². The first-order valence-corrected chi connectivity index (χ1v) is 7.32. The Bertz CT molecular complexity index is 383. The van der Waals surface area contributed by atoms with Gasteiger partial charge in [-0.3, -0.25) is 4.68 Å². The molecule has 2 unspecified atom stereocenters. The highest BCUT2D eigenvalue weighted by Crippen LogP contribution is 2.22. The molecule has 0 aliphatic heterocycles. The molecule has 1 N–H and O–H groups in total. The van der Waals surface area contributed by atoms with Crippen molar-refractivity contribution in [2.45, 2.75) is 65.1 Å². The zero-order valence-electron chi connectivity index (χ0n) is 13.3. The molecule has 0 fully saturated rings. The fourth-order valence-electron chi connectivity index (χ4n) is 2.49. The summed E-state index contributed by atoms with van der Waals surface area (Å²) in [6.07, 6.45) is 2.91. The maximum absolute atomic E-state index is 5.73. The van der Waals surface area contributed by atoms with E-state index in [0.29, 0.717) is 0 Å². The number of methoxy groups -OCH3 is 1. The number of hydrogen-bond acceptors (Lipinski definition) is 3. The van der Waals surface area contributed by atoms with Crippen LogP contribution in [0.2, 0.25) is 0 Å². The topological polar surface area (TPSA) is 39.1 Å². The molecule has 4 heteroatoms. The molecule has 0 amide bonds. The number of nitrogens with zero attached hydrogens (tertiary/aromatic N) is 2. The van der Waals surface area contributed by atoms with Crippen LogP contribution in [0.1, 0.15) is 45.5 Å². The first-order valence-electron chi connectivity index (χ1n) is 7.32. The van der Waals surface area contributed by atoms with Crippen LogP contribution in [0.5, 0.6) is 0 Å². The summed E-state index contributed by atoms with van der Waals surface area (Å²) in [4.78, 5) is 0. The SMILES string of the molecule is CCc1cc(CC(NC)C(C)(CC)OC)n(CC)n1. The second kappa shape index (κ2) is 7.06. The molecule has 0 aliphatic rings. The lowest BCUT2D eigenvalue weighted by Gasteiger charge is -2.35. The third kappa shape index (κ3) is 3.57. The maximum atomic E-state index is 5.73. The number of nitrogens with one attached hydrogen (secondary N) is 1. The second-order valence-corrected chi connectivity index (χ2v) is 5.21. The fourth-order valence-corrected chi connectivity index (χ4v) is 2.49. The van der Waals surface area contributed by atoms with Crippen molar-refractivity contribution in [3.05, 3.63) is 17.5 Å². The van der Waals surface area contributed by atoms with Crippen molar-refractivity contribution >= 4 is 0 Å². The standard InChI is InChI=1S/C15H29N3O/c1-7-12-10-13(18(9-3)17-12)11-14(16-5)15(4,8-2)19-6/h10,14,16H,7-9,11H2,1-6H3. The van der Waals surface area contributed by atoms with Crippen LogP contribution in [0, 0.1) is 0 Å². The van der Waals surface area contributed by atoms with Gasteiger partial charge in [0, 0.05) is 31.8 Å². The van der Waals surface area contributed by atoms with Crippen LogP contribution < -0.4 is 5.32 Å². The van der Waals surface area contributed by atoms with Crippen molar-refractivity contribution in [1.29, 1.82) is 0 Å². The molecule has 2 atom stereocenters. The lowest BCUT2D eigenvalue weighted by atomic mass is 9.89. The van der Waals surface area contributed by atoms with Crippen molar-refractivity contribution in [3.8, 4) is 0 Å². The average molecular weight is 267 g/mol. The first-order chi connectivity index (χ1) is 9.04. The Morgan fingerprint density at radius 2 is 2.11 bits per heavy atom. The minimum Gasteiger partial charge on any atom is -0.377 e. The van der Waals surface area contributed by atoms with Crippen LogP contribution >= 0.6 is 0 Å². The summed E-state index contributed by atoms with van der Waals surface area (Å²) in [5.74, 6) is 0. The number of aromatic nitrogens is 2. The summed E-state index contributed by atoms with van der Waals surface area (Å²) in [5, 5.41) is 8.02. The summed E-state index contributed by atoms with van der Waals surface area (Å²) in [7, 11) is 3.80. The highest BCUT2D eigenvalue weighted by molar-refractivity contribution is 5.13. The van der Waals surface area contributed by atoms with Gasteiger partial charge in [0.05, 0.1) is 11.3 Å². The van der Waals surface area contributed by atoms with E-state index in [-0.39, 0.29) is 11.6 Å². The average Bonchev–Trinajstić information content (AvgIpc) is 2.86. The maximum Gasteiger partial charge on any atom is 0.0804 e. The Hall–Kier alpha value is -0.870. The molecule has 1 aromatic heterocycles. The third-order valence-corrected chi connectivity index (χ3v) is 4.24. The van der Waals surface area contributed by atoms with Crippen LogP contribution in [0.15, 0.2) is 6.07 Å². The predicted molar refractivity (Wildman–Crippen MR) is 79.5 cm³/mol. The summed E-state index contributed by atoms with van der Waals surface area (Å²) in [6.45, 7) is 9.54. The Kier molecular flexibility index (Phi) is 6.01. The first kappa shape index (κ1) is 16.2. The van der Waals surface area contributed by atoms with E-state index in [1.807, 2.05) is 7.05 Å². The van der Waals surface area contributed by atoms with E-state index in [1.54, 1.807) is 7.11 Å². The van der Waals surface area contributed by atoms with Gasteiger partial charge in [0.2, 0.25) is 0 Å². The van der Waals surface area contributed by atoms with Crippen LogP contribution in [0.25, 0.3) is 0 Å². The summed E-state index contributed by atoms with van der Waals surface area (Å²) in [5.41, 5.74) is 2.31. The van der Waals surface area contributed by atoms with E-state index >= 15 is 0 Å². The van der Waals surface area contributed by atoms with Gasteiger partial charge in [-0.15, -0.1) is 0 Å². The van der Waals surface area contributed by atoms with Gasteiger partial charge in [-0.2, -0.15) is 5.10 Å². The highest BCUT2D eigenvalue weighted by atomic mass is 16.5. The van der Waals surface area contributed by atoms with E-state index < -0.39 is 0 Å². The third-order valence-electron chi connectivity index (χ3n) is 4.24. The van der Waals surface area contributed by atoms with Gasteiger partial charge in [0.25, 0.3) is 0 Å². The zero-order chi connectivity index (χ0) is 14.5. The Morgan fingerprint density at radius 1 is 1.42 bits per heavy atom. The van der Waals surface area contributed by atoms with Gasteiger partial charge in [-0.1, -0.05) is 13.8 Å². The lowest BCUT2D eigenvalue weighted by Crippen LogP contribution is -2.50. The molecule has 1 rings (SSSR count). The largest absolute Gasteiger partial charge is 0.377 e. The minimum absolute atomic E-state index is 0.149. The summed E-state index contributed by atoms with van der Waals surface area (Å²) < 4.78 is 7.83. The van der Waals surface area contributed by atoms with E-state index in [4.69, 9.17) is 4.74 Å². The zero-order valence-corrected chi connectivity index (χ0v) is 13.3. The van der Waals surface area contributed by atoms with E-state index in [9.17, 15) is 0 Å². The number of ether oxygens (including phenoxy) is 1. The van der Waals surface area contributed by atoms with Gasteiger partial charge in [-0.25, -0.2) is 0 Å². The van der Waals surface area contributed by atoms with Gasteiger partial charge in [0.15, 0.2) is 0 Å². The molecule has 0 saturated carbocycles. The molecule has 0 radical (unpaired) electrons. The second-order valence-electron chi connectivity index (χ2n) is 5.21. The van der Waals surface area contributed by atoms with Crippen molar-refractivity contribution in [3.63, 3.8) is 0 Å². The highest BCUT2D eigenvalue weighted by Gasteiger charge is 2.32. The molecular formula is C15H29N3O. The molecule has 0 saturated heterocycles. The Balaban J connectivity index is 2.94. The quantitative estimate of drug-likeness (QED) is 0.786. The van der Waals surface area contributed by atoms with Crippen LogP contribution in [0.4, 0.5) is 0 Å². The number of hydrogen-bond donors (Lipinski definition) is 1. The molecule has 0 aliphatic carbocycles. The van der Waals surface area contributed by atoms with Crippen molar-refractivity contribution < 1.29 is 4.74 Å². The van der Waals surface area contributed by atoms with E-state index in [2.05, 4.69) is 48.9 Å². The van der Waals surface area contributed by atoms with Gasteiger partial charge in [0.1, 0.15) is 0 Å². The summed E-state index contributed by atoms with van der Waals surface area (Å²) >= 11 is 0. The lowest BCUT2D eigenvalue weighted by molar-refractivity contribution is -0.0273. The Morgan fingerprint density at radius 3 is 2.53 bits per heavy atom. The molecule has 110 valence electrons. The molecule has 0 aromatic carbocycles. The van der Waals surface area contributed by atoms with Gasteiger partial charge >= 0.3 is 0 Å². The molecule has 0 spiro atoms. The molecule has 1 aromatic rings. The minimum atomic E-state index is -0.149. The molecule has 1 heterocycles.